The summed E-state index contributed by atoms with van der Waals surface area (Å²) in [6.07, 6.45) is 1.93. The van der Waals surface area contributed by atoms with E-state index < -0.39 is 5.60 Å². The third-order valence-corrected chi connectivity index (χ3v) is 4.08. The molecule has 1 heterocycles. The van der Waals surface area contributed by atoms with E-state index in [2.05, 4.69) is 31.1 Å². The summed E-state index contributed by atoms with van der Waals surface area (Å²) in [6, 6.07) is 0. The van der Waals surface area contributed by atoms with Gasteiger partial charge in [0.25, 0.3) is 0 Å². The first kappa shape index (κ1) is 16.6. The molecule has 0 spiro atoms. The molecule has 0 aromatic carbocycles. The fourth-order valence-electron chi connectivity index (χ4n) is 1.93. The maximum atomic E-state index is 10.2. The molecule has 0 fully saturated rings. The normalized spacial score (nSPS) is 15.8. The summed E-state index contributed by atoms with van der Waals surface area (Å²) < 4.78 is 0. The maximum Gasteiger partial charge on any atom is 0.0981 e. The van der Waals surface area contributed by atoms with Gasteiger partial charge in [-0.25, -0.2) is 4.98 Å². The van der Waals surface area contributed by atoms with E-state index >= 15 is 0 Å². The molecule has 110 valence electrons. The Labute approximate surface area is 120 Å². The molecule has 0 amide bonds. The van der Waals surface area contributed by atoms with Crippen LogP contribution >= 0.6 is 11.3 Å². The lowest BCUT2D eigenvalue weighted by Crippen LogP contribution is -2.45. The largest absolute Gasteiger partial charge is 0.388 e. The van der Waals surface area contributed by atoms with E-state index in [4.69, 9.17) is 0 Å². The molecule has 1 aromatic rings. The molecule has 1 atom stereocenters. The number of nitrogens with zero attached hydrogens (tertiary/aromatic N) is 2. The molecule has 1 rings (SSSR count). The number of hydrogen-bond acceptors (Lipinski definition) is 5. The Morgan fingerprint density at radius 1 is 1.32 bits per heavy atom. The molecule has 5 heteroatoms. The summed E-state index contributed by atoms with van der Waals surface area (Å²) in [6.45, 7) is 10.4. The molecule has 1 aromatic heterocycles. The van der Waals surface area contributed by atoms with Crippen molar-refractivity contribution in [1.29, 1.82) is 0 Å². The van der Waals surface area contributed by atoms with E-state index in [1.54, 1.807) is 11.3 Å². The van der Waals surface area contributed by atoms with E-state index in [1.165, 1.54) is 4.88 Å². The second kappa shape index (κ2) is 6.31. The molecule has 0 radical (unpaired) electrons. The lowest BCUT2D eigenvalue weighted by molar-refractivity contribution is 0.0336. The predicted octanol–water partition coefficient (Wildman–Crippen LogP) is 1.84. The van der Waals surface area contributed by atoms with Crippen molar-refractivity contribution in [1.82, 2.24) is 15.2 Å². The van der Waals surface area contributed by atoms with Gasteiger partial charge in [0, 0.05) is 36.1 Å². The minimum absolute atomic E-state index is 0.110. The first-order valence-electron chi connectivity index (χ1n) is 6.63. The Morgan fingerprint density at radius 3 is 2.42 bits per heavy atom. The van der Waals surface area contributed by atoms with Gasteiger partial charge >= 0.3 is 0 Å². The molecule has 0 bridgehead atoms. The third kappa shape index (κ3) is 5.99. The van der Waals surface area contributed by atoms with Crippen LogP contribution < -0.4 is 5.32 Å². The molecule has 2 N–H and O–H groups in total. The van der Waals surface area contributed by atoms with Crippen molar-refractivity contribution in [2.24, 2.45) is 0 Å². The van der Waals surface area contributed by atoms with Crippen LogP contribution in [0, 0.1) is 0 Å². The number of aliphatic hydroxyl groups is 1. The Balaban J connectivity index is 2.43. The molecule has 0 aliphatic heterocycles. The van der Waals surface area contributed by atoms with Crippen molar-refractivity contribution in [2.75, 3.05) is 27.2 Å². The topological polar surface area (TPSA) is 48.4 Å². The lowest BCUT2D eigenvalue weighted by Gasteiger charge is -2.27. The third-order valence-electron chi connectivity index (χ3n) is 2.66. The zero-order chi connectivity index (χ0) is 14.7. The van der Waals surface area contributed by atoms with Gasteiger partial charge in [-0.15, -0.1) is 11.3 Å². The number of nitrogens with one attached hydrogen (secondary N) is 1. The zero-order valence-electron chi connectivity index (χ0n) is 12.9. The van der Waals surface area contributed by atoms with Crippen molar-refractivity contribution in [3.05, 3.63) is 16.1 Å². The molecule has 0 saturated carbocycles. The number of hydrogen-bond donors (Lipinski definition) is 2. The number of rotatable bonds is 6. The second-order valence-corrected chi connectivity index (χ2v) is 7.84. The highest BCUT2D eigenvalue weighted by Crippen LogP contribution is 2.26. The van der Waals surface area contributed by atoms with Crippen molar-refractivity contribution in [2.45, 2.75) is 45.3 Å². The van der Waals surface area contributed by atoms with Crippen LogP contribution in [0.4, 0.5) is 0 Å². The Hall–Kier alpha value is -0.490. The van der Waals surface area contributed by atoms with Gasteiger partial charge in [-0.2, -0.15) is 0 Å². The first-order valence-corrected chi connectivity index (χ1v) is 7.45. The van der Waals surface area contributed by atoms with Crippen LogP contribution in [0.25, 0.3) is 0 Å². The van der Waals surface area contributed by atoms with Gasteiger partial charge in [-0.1, -0.05) is 20.8 Å². The van der Waals surface area contributed by atoms with Gasteiger partial charge in [0.2, 0.25) is 0 Å². The van der Waals surface area contributed by atoms with Crippen molar-refractivity contribution < 1.29 is 5.11 Å². The molecule has 0 aliphatic rings. The molecular formula is C14H27N3OS. The standard InChI is InChI=1S/C14H27N3OS/c1-13(2,3)12-16-8-11(19-12)7-15-9-14(4,18)10-17(5)6/h8,15,18H,7,9-10H2,1-6H3. The minimum Gasteiger partial charge on any atom is -0.388 e. The minimum atomic E-state index is -0.707. The number of thiazole rings is 1. The average Bonchev–Trinajstić information content (AvgIpc) is 2.62. The van der Waals surface area contributed by atoms with E-state index in [1.807, 2.05) is 32.1 Å². The number of aromatic nitrogens is 1. The molecule has 0 saturated heterocycles. The Kier molecular flexibility index (Phi) is 5.50. The van der Waals surface area contributed by atoms with E-state index in [-0.39, 0.29) is 5.41 Å². The van der Waals surface area contributed by atoms with Gasteiger partial charge in [-0.05, 0) is 21.0 Å². The summed E-state index contributed by atoms with van der Waals surface area (Å²) in [5.41, 5.74) is -0.597. The van der Waals surface area contributed by atoms with Crippen LogP contribution in [0.3, 0.4) is 0 Å². The quantitative estimate of drug-likeness (QED) is 0.837. The van der Waals surface area contributed by atoms with Crippen molar-refractivity contribution in [3.63, 3.8) is 0 Å². The fraction of sp³-hybridized carbons (Fsp3) is 0.786. The van der Waals surface area contributed by atoms with Crippen molar-refractivity contribution in [3.8, 4) is 0 Å². The van der Waals surface area contributed by atoms with E-state index in [0.717, 1.165) is 11.6 Å². The summed E-state index contributed by atoms with van der Waals surface area (Å²) in [5.74, 6) is 0. The lowest BCUT2D eigenvalue weighted by atomic mass is 9.98. The Bertz CT molecular complexity index is 394. The second-order valence-electron chi connectivity index (χ2n) is 6.72. The first-order chi connectivity index (χ1) is 8.60. The molecule has 1 unspecified atom stereocenters. The summed E-state index contributed by atoms with van der Waals surface area (Å²) in [5, 5.41) is 14.6. The molecule has 4 nitrogen and oxygen atoms in total. The SMILES string of the molecule is CN(C)CC(C)(O)CNCc1cnc(C(C)(C)C)s1. The van der Waals surface area contributed by atoms with E-state index in [0.29, 0.717) is 13.1 Å². The summed E-state index contributed by atoms with van der Waals surface area (Å²) >= 11 is 1.74. The highest BCUT2D eigenvalue weighted by molar-refractivity contribution is 7.11. The highest BCUT2D eigenvalue weighted by atomic mass is 32.1. The van der Waals surface area contributed by atoms with Gasteiger partial charge in [-0.3, -0.25) is 0 Å². The van der Waals surface area contributed by atoms with Gasteiger partial charge in [0.05, 0.1) is 10.6 Å². The van der Waals surface area contributed by atoms with E-state index in [9.17, 15) is 5.11 Å². The monoisotopic (exact) mass is 285 g/mol. The predicted molar refractivity (Wildman–Crippen MR) is 81.7 cm³/mol. The Morgan fingerprint density at radius 2 is 1.95 bits per heavy atom. The van der Waals surface area contributed by atoms with Gasteiger partial charge in [0.15, 0.2) is 0 Å². The maximum absolute atomic E-state index is 10.2. The smallest absolute Gasteiger partial charge is 0.0981 e. The fourth-order valence-corrected chi connectivity index (χ4v) is 2.87. The highest BCUT2D eigenvalue weighted by Gasteiger charge is 2.21. The van der Waals surface area contributed by atoms with Crippen LogP contribution in [0.1, 0.15) is 37.6 Å². The molecular weight excluding hydrogens is 258 g/mol. The van der Waals surface area contributed by atoms with Crippen LogP contribution in [-0.4, -0.2) is 47.8 Å². The van der Waals surface area contributed by atoms with Crippen LogP contribution in [0.2, 0.25) is 0 Å². The van der Waals surface area contributed by atoms with Crippen LogP contribution in [-0.2, 0) is 12.0 Å². The number of likely N-dealkylation sites (N-methyl/N-ethyl adjacent to an activating group) is 1. The zero-order valence-corrected chi connectivity index (χ0v) is 13.8. The molecule has 19 heavy (non-hydrogen) atoms. The summed E-state index contributed by atoms with van der Waals surface area (Å²) in [7, 11) is 3.93. The van der Waals surface area contributed by atoms with Crippen molar-refractivity contribution >= 4 is 11.3 Å². The molecule has 0 aliphatic carbocycles. The summed E-state index contributed by atoms with van der Waals surface area (Å²) in [4.78, 5) is 7.66. The van der Waals surface area contributed by atoms with Gasteiger partial charge < -0.3 is 15.3 Å². The van der Waals surface area contributed by atoms with Gasteiger partial charge in [0.1, 0.15) is 0 Å². The van der Waals surface area contributed by atoms with Crippen LogP contribution in [0.15, 0.2) is 6.20 Å². The average molecular weight is 285 g/mol. The van der Waals surface area contributed by atoms with Crippen LogP contribution in [0.5, 0.6) is 0 Å².